The van der Waals surface area contributed by atoms with Crippen LogP contribution in [0.1, 0.15) is 70.9 Å². The van der Waals surface area contributed by atoms with Crippen molar-refractivity contribution >= 4 is 41.3 Å². The molecule has 1 aliphatic heterocycles. The van der Waals surface area contributed by atoms with Gasteiger partial charge in [0.25, 0.3) is 17.7 Å². The third-order valence-corrected chi connectivity index (χ3v) is 6.71. The number of benzene rings is 2. The van der Waals surface area contributed by atoms with Gasteiger partial charge in [0.15, 0.2) is 5.96 Å². The number of aliphatic imine (C=N–C) groups is 1. The lowest BCUT2D eigenvalue weighted by molar-refractivity contribution is -0.192. The number of aryl methyl sites for hydroxylation is 2. The van der Waals surface area contributed by atoms with E-state index in [0.717, 1.165) is 48.1 Å². The first kappa shape index (κ1) is 36.2. The first-order valence-corrected chi connectivity index (χ1v) is 14.1. The average molecular weight is 636 g/mol. The number of unbranched alkanes of at least 4 members (excludes halogenated alkanes) is 3. The van der Waals surface area contributed by atoms with E-state index in [-0.39, 0.29) is 36.7 Å². The summed E-state index contributed by atoms with van der Waals surface area (Å²) in [6, 6.07) is 12.2. The quantitative estimate of drug-likeness (QED) is 0.117. The number of carboxylic acid groups (broad SMARTS) is 2. The predicted molar refractivity (Wildman–Crippen MR) is 159 cm³/mol. The van der Waals surface area contributed by atoms with Gasteiger partial charge in [-0.1, -0.05) is 38.0 Å². The van der Waals surface area contributed by atoms with Gasteiger partial charge >= 0.3 is 18.1 Å². The molecule has 2 aromatic carbocycles. The summed E-state index contributed by atoms with van der Waals surface area (Å²) < 4.78 is 31.7. The minimum Gasteiger partial charge on any atom is -0.481 e. The SMILES string of the molecule is CCc1ccc(C(=O)N2C(=O)CN(CCC(=O)O)C(=O)c3cc(CCCCCCN=C(N)N)ccc32)cc1.O=C(O)C(F)(F)F. The molecule has 244 valence electrons. The Bertz CT molecular complexity index is 1410. The normalized spacial score (nSPS) is 12.9. The van der Waals surface area contributed by atoms with Crippen molar-refractivity contribution in [1.29, 1.82) is 0 Å². The van der Waals surface area contributed by atoms with Crippen LogP contribution < -0.4 is 16.4 Å². The Morgan fingerprint density at radius 2 is 1.53 bits per heavy atom. The van der Waals surface area contributed by atoms with Gasteiger partial charge in [-0.15, -0.1) is 0 Å². The fourth-order valence-corrected chi connectivity index (χ4v) is 4.36. The lowest BCUT2D eigenvalue weighted by atomic mass is 10.0. The van der Waals surface area contributed by atoms with Gasteiger partial charge in [-0.05, 0) is 61.1 Å². The molecule has 2 aromatic rings. The molecule has 1 aliphatic rings. The van der Waals surface area contributed by atoms with Gasteiger partial charge in [0.05, 0.1) is 17.7 Å². The Kier molecular flexibility index (Phi) is 13.5. The van der Waals surface area contributed by atoms with Gasteiger partial charge in [0.1, 0.15) is 6.54 Å². The number of nitrogens with zero attached hydrogens (tertiary/aromatic N) is 3. The van der Waals surface area contributed by atoms with Crippen molar-refractivity contribution in [3.63, 3.8) is 0 Å². The van der Waals surface area contributed by atoms with Crippen LogP contribution in [0, 0.1) is 0 Å². The number of fused-ring (bicyclic) bond motifs is 1. The summed E-state index contributed by atoms with van der Waals surface area (Å²) in [6.07, 6.45) is -0.213. The Hall–Kier alpha value is -4.95. The van der Waals surface area contributed by atoms with Crippen molar-refractivity contribution in [3.8, 4) is 0 Å². The van der Waals surface area contributed by atoms with Crippen LogP contribution in [0.2, 0.25) is 0 Å². The molecule has 0 aliphatic carbocycles. The number of halogens is 3. The van der Waals surface area contributed by atoms with Crippen molar-refractivity contribution in [2.75, 3.05) is 24.5 Å². The molecular weight excluding hydrogens is 599 g/mol. The standard InChI is InChI=1S/C28H35N5O5.C2HF3O2/c1-2-19-8-11-21(12-9-19)26(37)33-23-13-10-20(7-5-3-4-6-15-31-28(29)30)17-22(23)27(38)32(18-24(33)34)16-14-25(35)36;3-2(4,5)1(6)7/h8-13,17H,2-7,14-16,18H2,1H3,(H,35,36)(H4,29,30,31);(H,6,7). The Balaban J connectivity index is 0.000000900. The molecular formula is C30H36F3N5O7. The third kappa shape index (κ3) is 11.2. The van der Waals surface area contributed by atoms with Crippen LogP contribution in [0.4, 0.5) is 18.9 Å². The summed E-state index contributed by atoms with van der Waals surface area (Å²) in [5, 5.41) is 16.3. The number of anilines is 1. The Labute approximate surface area is 257 Å². The fourth-order valence-electron chi connectivity index (χ4n) is 4.36. The molecule has 3 rings (SSSR count). The van der Waals surface area contributed by atoms with E-state index in [0.29, 0.717) is 18.5 Å². The summed E-state index contributed by atoms with van der Waals surface area (Å²) in [5.74, 6) is -5.33. The molecule has 0 aromatic heterocycles. The van der Waals surface area contributed by atoms with Gasteiger partial charge in [-0.2, -0.15) is 13.2 Å². The Morgan fingerprint density at radius 3 is 2.09 bits per heavy atom. The number of carboxylic acids is 2. The monoisotopic (exact) mass is 635 g/mol. The van der Waals surface area contributed by atoms with Crippen LogP contribution >= 0.6 is 0 Å². The number of amides is 3. The zero-order chi connectivity index (χ0) is 33.7. The van der Waals surface area contributed by atoms with E-state index < -0.39 is 35.8 Å². The lowest BCUT2D eigenvalue weighted by Crippen LogP contribution is -2.42. The summed E-state index contributed by atoms with van der Waals surface area (Å²) in [4.78, 5) is 66.5. The fraction of sp³-hybridized carbons (Fsp3) is 0.400. The molecule has 0 unspecified atom stereocenters. The third-order valence-electron chi connectivity index (χ3n) is 6.71. The second-order valence-electron chi connectivity index (χ2n) is 10.1. The second-order valence-corrected chi connectivity index (χ2v) is 10.1. The maximum Gasteiger partial charge on any atom is 0.490 e. The molecule has 12 nitrogen and oxygen atoms in total. The molecule has 1 heterocycles. The number of aliphatic carboxylic acids is 2. The van der Waals surface area contributed by atoms with Gasteiger partial charge in [-0.3, -0.25) is 24.2 Å². The second kappa shape index (κ2) is 16.8. The van der Waals surface area contributed by atoms with Gasteiger partial charge in [-0.25, -0.2) is 9.69 Å². The molecule has 0 bridgehead atoms. The van der Waals surface area contributed by atoms with E-state index in [1.807, 2.05) is 25.1 Å². The molecule has 0 saturated heterocycles. The van der Waals surface area contributed by atoms with Crippen LogP contribution in [0.15, 0.2) is 47.5 Å². The lowest BCUT2D eigenvalue weighted by Gasteiger charge is -2.21. The summed E-state index contributed by atoms with van der Waals surface area (Å²) in [7, 11) is 0. The highest BCUT2D eigenvalue weighted by molar-refractivity contribution is 6.25. The minimum absolute atomic E-state index is 0.0843. The van der Waals surface area contributed by atoms with Crippen molar-refractivity contribution in [2.24, 2.45) is 16.5 Å². The molecule has 0 radical (unpaired) electrons. The maximum absolute atomic E-state index is 13.5. The van der Waals surface area contributed by atoms with Crippen LogP contribution in [0.3, 0.4) is 0 Å². The van der Waals surface area contributed by atoms with E-state index in [4.69, 9.17) is 26.5 Å². The highest BCUT2D eigenvalue weighted by Crippen LogP contribution is 2.29. The molecule has 6 N–H and O–H groups in total. The van der Waals surface area contributed by atoms with Gasteiger partial charge < -0.3 is 26.6 Å². The van der Waals surface area contributed by atoms with Crippen molar-refractivity contribution in [1.82, 2.24) is 4.90 Å². The first-order chi connectivity index (χ1) is 21.1. The van der Waals surface area contributed by atoms with Gasteiger partial charge in [0, 0.05) is 18.7 Å². The van der Waals surface area contributed by atoms with Crippen LogP contribution in [-0.2, 0) is 27.2 Å². The number of carbonyl (C=O) groups excluding carboxylic acids is 3. The van der Waals surface area contributed by atoms with Crippen LogP contribution in [0.5, 0.6) is 0 Å². The zero-order valence-electron chi connectivity index (χ0n) is 24.7. The number of hydrogen-bond acceptors (Lipinski definition) is 6. The molecule has 15 heteroatoms. The number of nitrogens with two attached hydrogens (primary N) is 2. The first-order valence-electron chi connectivity index (χ1n) is 14.1. The largest absolute Gasteiger partial charge is 0.490 e. The van der Waals surface area contributed by atoms with Crippen LogP contribution in [-0.4, -0.2) is 76.5 Å². The predicted octanol–water partition coefficient (Wildman–Crippen LogP) is 3.36. The topological polar surface area (TPSA) is 197 Å². The number of carbonyl (C=O) groups is 5. The van der Waals surface area contributed by atoms with Gasteiger partial charge in [0.2, 0.25) is 0 Å². The van der Waals surface area contributed by atoms with E-state index in [1.165, 1.54) is 4.90 Å². The minimum atomic E-state index is -5.08. The highest BCUT2D eigenvalue weighted by Gasteiger charge is 2.38. The van der Waals surface area contributed by atoms with E-state index in [9.17, 15) is 32.3 Å². The molecule has 3 amide bonds. The highest BCUT2D eigenvalue weighted by atomic mass is 19.4. The van der Waals surface area contributed by atoms with E-state index in [2.05, 4.69) is 4.99 Å². The maximum atomic E-state index is 13.5. The van der Waals surface area contributed by atoms with Crippen LogP contribution in [0.25, 0.3) is 0 Å². The number of rotatable bonds is 12. The molecule has 0 saturated carbocycles. The van der Waals surface area contributed by atoms with E-state index in [1.54, 1.807) is 24.3 Å². The van der Waals surface area contributed by atoms with Crippen molar-refractivity contribution in [2.45, 2.75) is 58.0 Å². The van der Waals surface area contributed by atoms with Crippen molar-refractivity contribution in [3.05, 3.63) is 64.7 Å². The molecule has 45 heavy (non-hydrogen) atoms. The summed E-state index contributed by atoms with van der Waals surface area (Å²) >= 11 is 0. The zero-order valence-corrected chi connectivity index (χ0v) is 24.7. The number of alkyl halides is 3. The smallest absolute Gasteiger partial charge is 0.481 e. The number of imide groups is 1. The van der Waals surface area contributed by atoms with E-state index >= 15 is 0 Å². The average Bonchev–Trinajstić information content (AvgIpc) is 3.08. The molecule has 0 fully saturated rings. The summed E-state index contributed by atoms with van der Waals surface area (Å²) in [5.41, 5.74) is 13.4. The number of guanidine groups is 1. The molecule has 0 atom stereocenters. The number of hydrogen-bond donors (Lipinski definition) is 4. The Morgan fingerprint density at radius 1 is 0.933 bits per heavy atom. The summed E-state index contributed by atoms with van der Waals surface area (Å²) in [6.45, 7) is 2.07. The van der Waals surface area contributed by atoms with Crippen molar-refractivity contribution < 1.29 is 47.4 Å². The molecule has 0 spiro atoms.